The Morgan fingerprint density at radius 2 is 1.94 bits per heavy atom. The lowest BCUT2D eigenvalue weighted by Gasteiger charge is -2.37. The summed E-state index contributed by atoms with van der Waals surface area (Å²) in [5, 5.41) is 3.45. The average molecular weight is 626 g/mol. The minimum atomic E-state index is -0.368. The second kappa shape index (κ2) is 10.8. The maximum absolute atomic E-state index is 12.9. The van der Waals surface area contributed by atoms with E-state index in [0.717, 1.165) is 64.9 Å². The van der Waals surface area contributed by atoms with Gasteiger partial charge in [0.2, 0.25) is 5.91 Å². The van der Waals surface area contributed by atoms with Crippen molar-refractivity contribution in [3.63, 3.8) is 0 Å². The summed E-state index contributed by atoms with van der Waals surface area (Å²) in [5.41, 5.74) is 5.01. The van der Waals surface area contributed by atoms with Gasteiger partial charge in [-0.05, 0) is 88.8 Å². The van der Waals surface area contributed by atoms with Crippen LogP contribution in [0.3, 0.4) is 0 Å². The number of amides is 2. The van der Waals surface area contributed by atoms with Gasteiger partial charge >= 0.3 is 6.09 Å². The summed E-state index contributed by atoms with van der Waals surface area (Å²) in [6.07, 6.45) is 6.48. The molecule has 2 amide bonds. The second-order valence-corrected chi connectivity index (χ2v) is 11.9. The van der Waals surface area contributed by atoms with E-state index in [-0.39, 0.29) is 23.8 Å². The van der Waals surface area contributed by atoms with Crippen molar-refractivity contribution in [3.8, 4) is 0 Å². The minimum absolute atomic E-state index is 0.169. The van der Waals surface area contributed by atoms with Crippen LogP contribution in [0.25, 0.3) is 0 Å². The van der Waals surface area contributed by atoms with Crippen molar-refractivity contribution < 1.29 is 14.3 Å². The number of rotatable bonds is 4. The normalized spacial score (nSPS) is 22.5. The number of carbonyl (C=O) groups excluding carboxylic acids is 2. The monoisotopic (exact) mass is 623 g/mol. The summed E-state index contributed by atoms with van der Waals surface area (Å²) in [4.78, 5) is 31.0. The van der Waals surface area contributed by atoms with Crippen LogP contribution in [0.5, 0.6) is 0 Å². The Hall–Kier alpha value is -1.64. The number of halogens is 3. The Bertz CT molecular complexity index is 1130. The maximum atomic E-state index is 12.9. The summed E-state index contributed by atoms with van der Waals surface area (Å²) in [6.45, 7) is 2.48. The zero-order chi connectivity index (χ0) is 24.5. The number of carbonyl (C=O) groups is 2. The van der Waals surface area contributed by atoms with E-state index in [1.54, 1.807) is 0 Å². The highest BCUT2D eigenvalue weighted by Crippen LogP contribution is 2.46. The van der Waals surface area contributed by atoms with Gasteiger partial charge in [0.05, 0.1) is 12.3 Å². The van der Waals surface area contributed by atoms with Crippen molar-refractivity contribution in [2.24, 2.45) is 11.8 Å². The van der Waals surface area contributed by atoms with Crippen molar-refractivity contribution in [2.45, 2.75) is 44.4 Å². The number of alkyl carbamates (subject to hydrolysis) is 1. The van der Waals surface area contributed by atoms with Gasteiger partial charge in [0.25, 0.3) is 0 Å². The van der Waals surface area contributed by atoms with Crippen molar-refractivity contribution in [1.82, 2.24) is 15.2 Å². The van der Waals surface area contributed by atoms with E-state index < -0.39 is 0 Å². The number of piperidine rings is 1. The molecule has 2 unspecified atom stereocenters. The predicted octanol–water partition coefficient (Wildman–Crippen LogP) is 5.87. The number of pyridine rings is 1. The third-order valence-corrected chi connectivity index (χ3v) is 8.84. The van der Waals surface area contributed by atoms with Gasteiger partial charge in [-0.2, -0.15) is 0 Å². The predicted molar refractivity (Wildman–Crippen MR) is 142 cm³/mol. The quantitative estimate of drug-likeness (QED) is 0.462. The summed E-state index contributed by atoms with van der Waals surface area (Å²) in [7, 11) is 0. The molecule has 2 aliphatic heterocycles. The number of benzene rings is 1. The maximum Gasteiger partial charge on any atom is 0.407 e. The molecule has 1 aromatic carbocycles. The summed E-state index contributed by atoms with van der Waals surface area (Å²) >= 11 is 13.8. The van der Waals surface area contributed by atoms with Crippen LogP contribution in [0.15, 0.2) is 33.3 Å². The Morgan fingerprint density at radius 3 is 2.69 bits per heavy atom. The Labute approximate surface area is 227 Å². The molecule has 0 spiro atoms. The molecule has 1 aliphatic carbocycles. The molecule has 1 N–H and O–H groups in total. The van der Waals surface area contributed by atoms with E-state index in [1.165, 1.54) is 16.7 Å². The topological polar surface area (TPSA) is 71.5 Å². The first kappa shape index (κ1) is 25.0. The van der Waals surface area contributed by atoms with E-state index >= 15 is 0 Å². The molecule has 2 aromatic rings. The zero-order valence-corrected chi connectivity index (χ0v) is 23.3. The number of cyclic esters (lactones) is 1. The summed E-state index contributed by atoms with van der Waals surface area (Å²) < 4.78 is 7.09. The van der Waals surface area contributed by atoms with Crippen LogP contribution in [-0.4, -0.2) is 48.1 Å². The van der Waals surface area contributed by atoms with Gasteiger partial charge in [0.1, 0.15) is 0 Å². The zero-order valence-electron chi connectivity index (χ0n) is 19.4. The number of likely N-dealkylation sites (tertiary alicyclic amines) is 1. The fraction of sp³-hybridized carbons (Fsp3) is 0.500. The molecule has 2 saturated heterocycles. The number of hydrogen-bond acceptors (Lipinski definition) is 4. The molecule has 2 fully saturated rings. The Kier molecular flexibility index (Phi) is 7.70. The molecule has 1 aromatic heterocycles. The van der Waals surface area contributed by atoms with Crippen LogP contribution in [0.2, 0.25) is 5.02 Å². The van der Waals surface area contributed by atoms with Crippen LogP contribution in [0.1, 0.15) is 54.0 Å². The van der Waals surface area contributed by atoms with Gasteiger partial charge in [-0.15, -0.1) is 0 Å². The smallest absolute Gasteiger partial charge is 0.407 e. The van der Waals surface area contributed by atoms with E-state index in [1.807, 2.05) is 17.2 Å². The first-order valence-corrected chi connectivity index (χ1v) is 14.2. The molecular weight excluding hydrogens is 598 g/mol. The lowest BCUT2D eigenvalue weighted by molar-refractivity contribution is -0.133. The highest BCUT2D eigenvalue weighted by atomic mass is 79.9. The standard InChI is InChI=1S/C26H28Br2ClN3O3/c27-19-9-18-3-2-17-10-20(29)11-21(28)23(17)24(25(18)30-13-19)16-5-7-32(8-6-16)22(33)4-1-15-12-31-26(34)35-14-15/h9-11,13,15-16,24H,1-8,12,14H2,(H,31,34). The van der Waals surface area contributed by atoms with Gasteiger partial charge in [-0.25, -0.2) is 4.79 Å². The van der Waals surface area contributed by atoms with Gasteiger partial charge < -0.3 is 15.0 Å². The number of hydrogen-bond donors (Lipinski definition) is 1. The Balaban J connectivity index is 1.31. The van der Waals surface area contributed by atoms with Crippen LogP contribution in [0.4, 0.5) is 4.79 Å². The first-order chi connectivity index (χ1) is 16.9. The van der Waals surface area contributed by atoms with Crippen molar-refractivity contribution in [1.29, 1.82) is 0 Å². The molecule has 9 heteroatoms. The molecule has 2 atom stereocenters. The van der Waals surface area contributed by atoms with E-state index in [9.17, 15) is 9.59 Å². The summed E-state index contributed by atoms with van der Waals surface area (Å²) in [6, 6.07) is 6.30. The number of aromatic nitrogens is 1. The van der Waals surface area contributed by atoms with Crippen molar-refractivity contribution in [3.05, 3.63) is 60.7 Å². The van der Waals surface area contributed by atoms with Crippen LogP contribution < -0.4 is 5.32 Å². The molecular formula is C26H28Br2ClN3O3. The van der Waals surface area contributed by atoms with Crippen molar-refractivity contribution >= 4 is 55.5 Å². The van der Waals surface area contributed by atoms with E-state index in [2.05, 4.69) is 49.3 Å². The molecule has 0 saturated carbocycles. The fourth-order valence-electron chi connectivity index (χ4n) is 5.71. The summed E-state index contributed by atoms with van der Waals surface area (Å²) in [5.74, 6) is 0.949. The van der Waals surface area contributed by atoms with Gasteiger partial charge in [0.15, 0.2) is 0 Å². The fourth-order valence-corrected chi connectivity index (χ4v) is 7.21. The van der Waals surface area contributed by atoms with Crippen LogP contribution in [-0.2, 0) is 22.4 Å². The second-order valence-electron chi connectivity index (χ2n) is 9.74. The number of ether oxygens (including phenoxy) is 1. The van der Waals surface area contributed by atoms with Gasteiger partial charge in [-0.1, -0.05) is 27.5 Å². The van der Waals surface area contributed by atoms with E-state index in [0.29, 0.717) is 25.5 Å². The highest BCUT2D eigenvalue weighted by Gasteiger charge is 2.36. The molecule has 0 bridgehead atoms. The largest absolute Gasteiger partial charge is 0.449 e. The van der Waals surface area contributed by atoms with E-state index in [4.69, 9.17) is 21.3 Å². The third kappa shape index (κ3) is 5.54. The highest BCUT2D eigenvalue weighted by molar-refractivity contribution is 9.10. The Morgan fingerprint density at radius 1 is 1.17 bits per heavy atom. The van der Waals surface area contributed by atoms with Crippen molar-refractivity contribution in [2.75, 3.05) is 26.2 Å². The molecule has 35 heavy (non-hydrogen) atoms. The number of nitrogens with zero attached hydrogens (tertiary/aromatic N) is 2. The first-order valence-electron chi connectivity index (χ1n) is 12.2. The van der Waals surface area contributed by atoms with Crippen LogP contribution in [0, 0.1) is 11.8 Å². The van der Waals surface area contributed by atoms with Crippen LogP contribution >= 0.6 is 43.5 Å². The number of fused-ring (bicyclic) bond motifs is 2. The number of nitrogens with one attached hydrogen (secondary N) is 1. The van der Waals surface area contributed by atoms with Gasteiger partial charge in [-0.3, -0.25) is 9.78 Å². The minimum Gasteiger partial charge on any atom is -0.449 e. The number of aryl methyl sites for hydroxylation is 2. The average Bonchev–Trinajstić information content (AvgIpc) is 3.00. The molecule has 6 nitrogen and oxygen atoms in total. The molecule has 3 heterocycles. The lowest BCUT2D eigenvalue weighted by Crippen LogP contribution is -2.41. The molecule has 3 aliphatic rings. The molecule has 0 radical (unpaired) electrons. The molecule has 5 rings (SSSR count). The molecule has 186 valence electrons. The lowest BCUT2D eigenvalue weighted by atomic mass is 9.76. The third-order valence-electron chi connectivity index (χ3n) is 7.53. The van der Waals surface area contributed by atoms with Gasteiger partial charge in [0, 0.05) is 58.1 Å². The SMILES string of the molecule is O=C1NCC(CCC(=O)N2CCC(C3c4ncc(Br)cc4CCc4cc(Cl)cc(Br)c43)CC2)CO1.